The molecule has 1 saturated heterocycles. The van der Waals surface area contributed by atoms with Crippen molar-refractivity contribution in [3.8, 4) is 10.6 Å². The number of hydrogen-bond acceptors (Lipinski definition) is 6. The Balaban J connectivity index is 1.45. The van der Waals surface area contributed by atoms with Gasteiger partial charge in [0.1, 0.15) is 16.5 Å². The summed E-state index contributed by atoms with van der Waals surface area (Å²) in [7, 11) is -3.78. The van der Waals surface area contributed by atoms with Crippen molar-refractivity contribution in [2.75, 3.05) is 26.2 Å². The van der Waals surface area contributed by atoms with Gasteiger partial charge < -0.3 is 4.90 Å². The molecule has 7 nitrogen and oxygen atoms in total. The maximum atomic E-state index is 14.0. The Bertz CT molecular complexity index is 1280. The van der Waals surface area contributed by atoms with Crippen LogP contribution in [0.4, 0.5) is 4.39 Å². The van der Waals surface area contributed by atoms with Gasteiger partial charge in [-0.15, -0.1) is 11.3 Å². The third-order valence-electron chi connectivity index (χ3n) is 5.23. The van der Waals surface area contributed by atoms with Crippen LogP contribution in [0.25, 0.3) is 10.6 Å². The molecule has 2 aromatic carbocycles. The largest absolute Gasteiger partial charge is 0.335 e. The van der Waals surface area contributed by atoms with Gasteiger partial charge in [-0.25, -0.2) is 17.8 Å². The van der Waals surface area contributed by atoms with Gasteiger partial charge in [0.25, 0.3) is 5.91 Å². The first-order chi connectivity index (χ1) is 15.3. The highest BCUT2D eigenvalue weighted by molar-refractivity contribution is 7.89. The zero-order chi connectivity index (χ0) is 22.9. The lowest BCUT2D eigenvalue weighted by Crippen LogP contribution is -2.50. The van der Waals surface area contributed by atoms with Crippen LogP contribution in [0.3, 0.4) is 0 Å². The van der Waals surface area contributed by atoms with Crippen LogP contribution in [0, 0.1) is 5.82 Å². The second-order valence-corrected chi connectivity index (χ2v) is 10.1. The molecule has 0 radical (unpaired) electrons. The number of sulfonamides is 1. The van der Waals surface area contributed by atoms with Crippen LogP contribution in [-0.2, 0) is 10.0 Å². The van der Waals surface area contributed by atoms with Crippen molar-refractivity contribution in [1.82, 2.24) is 14.2 Å². The molecule has 0 atom stereocenters. The van der Waals surface area contributed by atoms with Crippen molar-refractivity contribution < 1.29 is 22.4 Å². The van der Waals surface area contributed by atoms with Crippen molar-refractivity contribution in [1.29, 1.82) is 0 Å². The lowest BCUT2D eigenvalue weighted by Gasteiger charge is -2.33. The minimum atomic E-state index is -3.78. The Morgan fingerprint density at radius 3 is 2.44 bits per heavy atom. The number of thiazole rings is 1. The van der Waals surface area contributed by atoms with E-state index in [0.29, 0.717) is 16.1 Å². The average molecular weight is 474 g/mol. The molecule has 0 spiro atoms. The van der Waals surface area contributed by atoms with Crippen LogP contribution in [0.5, 0.6) is 0 Å². The van der Waals surface area contributed by atoms with Gasteiger partial charge >= 0.3 is 0 Å². The number of hydrogen-bond donors (Lipinski definition) is 0. The molecule has 0 N–H and O–H groups in total. The Hall–Kier alpha value is -2.95. The molecule has 10 heteroatoms. The van der Waals surface area contributed by atoms with Gasteiger partial charge in [-0.1, -0.05) is 24.3 Å². The number of ketones is 1. The molecule has 1 aliphatic rings. The van der Waals surface area contributed by atoms with Gasteiger partial charge in [-0.2, -0.15) is 4.31 Å². The third-order valence-corrected chi connectivity index (χ3v) is 8.00. The first kappa shape index (κ1) is 22.3. The number of rotatable bonds is 5. The first-order valence-electron chi connectivity index (χ1n) is 9.88. The Morgan fingerprint density at radius 1 is 1.03 bits per heavy atom. The minimum Gasteiger partial charge on any atom is -0.335 e. The molecule has 32 heavy (non-hydrogen) atoms. The first-order valence-corrected chi connectivity index (χ1v) is 12.2. The molecule has 0 aliphatic carbocycles. The monoisotopic (exact) mass is 473 g/mol. The van der Waals surface area contributed by atoms with E-state index in [0.717, 1.165) is 0 Å². The van der Waals surface area contributed by atoms with Crippen molar-refractivity contribution >= 4 is 33.1 Å². The summed E-state index contributed by atoms with van der Waals surface area (Å²) in [4.78, 5) is 30.3. The second kappa shape index (κ2) is 8.89. The van der Waals surface area contributed by atoms with Crippen LogP contribution < -0.4 is 0 Å². The predicted molar refractivity (Wildman–Crippen MR) is 119 cm³/mol. The van der Waals surface area contributed by atoms with Crippen LogP contribution in [0.2, 0.25) is 0 Å². The summed E-state index contributed by atoms with van der Waals surface area (Å²) in [6, 6.07) is 12.2. The van der Waals surface area contributed by atoms with Crippen LogP contribution >= 0.6 is 11.3 Å². The molecule has 1 amide bonds. The number of benzene rings is 2. The summed E-state index contributed by atoms with van der Waals surface area (Å²) in [5.41, 5.74) is 0.869. The van der Waals surface area contributed by atoms with Crippen molar-refractivity contribution in [2.24, 2.45) is 0 Å². The number of carbonyl (C=O) groups is 2. The zero-order valence-corrected chi connectivity index (χ0v) is 18.8. The van der Waals surface area contributed by atoms with Gasteiger partial charge in [0.05, 0.1) is 4.90 Å². The highest BCUT2D eigenvalue weighted by Crippen LogP contribution is 2.27. The molecule has 3 aromatic rings. The van der Waals surface area contributed by atoms with Gasteiger partial charge in [0.2, 0.25) is 10.0 Å². The van der Waals surface area contributed by atoms with Crippen LogP contribution in [0.15, 0.2) is 58.8 Å². The predicted octanol–water partition coefficient (Wildman–Crippen LogP) is 3.30. The lowest BCUT2D eigenvalue weighted by molar-refractivity contribution is 0.0692. The molecule has 2 heterocycles. The summed E-state index contributed by atoms with van der Waals surface area (Å²) >= 11 is 1.18. The zero-order valence-electron chi connectivity index (χ0n) is 17.2. The van der Waals surface area contributed by atoms with E-state index in [2.05, 4.69) is 4.98 Å². The van der Waals surface area contributed by atoms with Crippen LogP contribution in [0.1, 0.15) is 27.8 Å². The number of piperazine rings is 1. The fraction of sp³-hybridized carbons (Fsp3) is 0.227. The Labute approximate surface area is 189 Å². The molecule has 0 unspecified atom stereocenters. The minimum absolute atomic E-state index is 0.0546. The Morgan fingerprint density at radius 2 is 1.75 bits per heavy atom. The summed E-state index contributed by atoms with van der Waals surface area (Å²) in [6.45, 7) is 2.05. The quantitative estimate of drug-likeness (QED) is 0.531. The van der Waals surface area contributed by atoms with E-state index in [9.17, 15) is 22.4 Å². The maximum Gasteiger partial charge on any atom is 0.273 e. The smallest absolute Gasteiger partial charge is 0.273 e. The van der Waals surface area contributed by atoms with E-state index in [4.69, 9.17) is 0 Å². The molecular weight excluding hydrogens is 453 g/mol. The summed E-state index contributed by atoms with van der Waals surface area (Å²) in [5.74, 6) is -0.941. The highest BCUT2D eigenvalue weighted by atomic mass is 32.2. The average Bonchev–Trinajstić information content (AvgIpc) is 3.29. The molecule has 4 rings (SSSR count). The molecule has 1 aliphatic heterocycles. The number of aromatic nitrogens is 1. The molecule has 166 valence electrons. The number of carbonyl (C=O) groups excluding carboxylic acids is 2. The summed E-state index contributed by atoms with van der Waals surface area (Å²) in [6.07, 6.45) is 0. The van der Waals surface area contributed by atoms with Gasteiger partial charge in [0.15, 0.2) is 5.78 Å². The third kappa shape index (κ3) is 4.34. The van der Waals surface area contributed by atoms with Crippen molar-refractivity contribution in [2.45, 2.75) is 11.8 Å². The molecule has 0 saturated carbocycles. The van der Waals surface area contributed by atoms with E-state index in [-0.39, 0.29) is 48.5 Å². The van der Waals surface area contributed by atoms with Crippen molar-refractivity contribution in [3.05, 3.63) is 71.0 Å². The van der Waals surface area contributed by atoms with E-state index in [1.165, 1.54) is 45.7 Å². The van der Waals surface area contributed by atoms with Gasteiger partial charge in [-0.05, 0) is 31.2 Å². The molecule has 0 bridgehead atoms. The fourth-order valence-corrected chi connectivity index (χ4v) is 5.74. The second-order valence-electron chi connectivity index (χ2n) is 7.30. The lowest BCUT2D eigenvalue weighted by atomic mass is 10.2. The number of nitrogens with zero attached hydrogens (tertiary/aromatic N) is 3. The SMILES string of the molecule is CC(=O)c1cccc(S(=O)(=O)N2CCN(C(=O)c3csc(-c4ccccc4F)n3)CC2)c1. The van der Waals surface area contributed by atoms with Crippen molar-refractivity contribution in [3.63, 3.8) is 0 Å². The van der Waals surface area contributed by atoms with Gasteiger partial charge in [-0.3, -0.25) is 9.59 Å². The molecule has 1 aromatic heterocycles. The van der Waals surface area contributed by atoms with E-state index >= 15 is 0 Å². The fourth-order valence-electron chi connectivity index (χ4n) is 3.45. The maximum absolute atomic E-state index is 14.0. The molecule has 1 fully saturated rings. The van der Waals surface area contributed by atoms with E-state index < -0.39 is 15.8 Å². The van der Waals surface area contributed by atoms with E-state index in [1.54, 1.807) is 35.7 Å². The van der Waals surface area contributed by atoms with Gasteiger partial charge in [0, 0.05) is 42.7 Å². The van der Waals surface area contributed by atoms with E-state index in [1.807, 2.05) is 0 Å². The normalized spacial score (nSPS) is 15.0. The standard InChI is InChI=1S/C22H20FN3O4S2/c1-15(27)16-5-4-6-17(13-16)32(29,30)26-11-9-25(10-12-26)22(28)20-14-31-21(24-20)18-7-2-3-8-19(18)23/h2-8,13-14H,9-12H2,1H3. The van der Waals surface area contributed by atoms with Crippen LogP contribution in [-0.4, -0.2) is 60.5 Å². The number of Topliss-reactive ketones (excluding diaryl/α,β-unsaturated/α-hetero) is 1. The number of halogens is 1. The topological polar surface area (TPSA) is 87.7 Å². The Kier molecular flexibility index (Phi) is 6.18. The highest BCUT2D eigenvalue weighted by Gasteiger charge is 2.31. The number of amides is 1. The molecular formula is C22H20FN3O4S2. The summed E-state index contributed by atoms with van der Waals surface area (Å²) in [5, 5.41) is 2.00. The summed E-state index contributed by atoms with van der Waals surface area (Å²) < 4.78 is 41.2.